The van der Waals surface area contributed by atoms with Crippen molar-refractivity contribution in [1.29, 1.82) is 0 Å². The molecule has 3 heterocycles. The van der Waals surface area contributed by atoms with E-state index < -0.39 is 5.60 Å². The smallest absolute Gasteiger partial charge is 0.410 e. The molecular formula is C20H28N6O3S. The fourth-order valence-electron chi connectivity index (χ4n) is 3.15. The monoisotopic (exact) mass is 432 g/mol. The standard InChI is InChI=1S/C20H28N6O3S/c1-12-10-15(25-18-22-11-14(30-18)17(27)21-5)24-16(23-12)13-6-8-26(9-7-13)19(28)29-20(2,3)4/h10-11,13H,6-9H2,1-5H3,(H,21,27)(H,22,23,24,25). The lowest BCUT2D eigenvalue weighted by Crippen LogP contribution is -2.41. The number of aryl methyl sites for hydroxylation is 1. The van der Waals surface area contributed by atoms with Crippen LogP contribution in [0.3, 0.4) is 0 Å². The SMILES string of the molecule is CNC(=O)c1cnc(Nc2cc(C)nc(C3CCN(C(=O)OC(C)(C)C)CC3)n2)s1. The van der Waals surface area contributed by atoms with E-state index in [4.69, 9.17) is 4.74 Å². The van der Waals surface area contributed by atoms with Gasteiger partial charge in [0, 0.05) is 37.8 Å². The Morgan fingerprint density at radius 3 is 2.57 bits per heavy atom. The topological polar surface area (TPSA) is 109 Å². The Morgan fingerprint density at radius 1 is 1.23 bits per heavy atom. The number of ether oxygens (including phenoxy) is 1. The summed E-state index contributed by atoms with van der Waals surface area (Å²) in [7, 11) is 1.59. The van der Waals surface area contributed by atoms with Gasteiger partial charge in [0.05, 0.1) is 6.20 Å². The van der Waals surface area contributed by atoms with Crippen LogP contribution in [0.5, 0.6) is 0 Å². The summed E-state index contributed by atoms with van der Waals surface area (Å²) in [6, 6.07) is 1.85. The highest BCUT2D eigenvalue weighted by molar-refractivity contribution is 7.17. The van der Waals surface area contributed by atoms with Crippen molar-refractivity contribution in [1.82, 2.24) is 25.2 Å². The van der Waals surface area contributed by atoms with Crippen LogP contribution < -0.4 is 10.6 Å². The van der Waals surface area contributed by atoms with Gasteiger partial charge in [0.1, 0.15) is 22.1 Å². The van der Waals surface area contributed by atoms with Gasteiger partial charge < -0.3 is 20.3 Å². The van der Waals surface area contributed by atoms with Crippen molar-refractivity contribution in [3.05, 3.63) is 28.7 Å². The number of hydrogen-bond acceptors (Lipinski definition) is 8. The van der Waals surface area contributed by atoms with Gasteiger partial charge >= 0.3 is 6.09 Å². The van der Waals surface area contributed by atoms with Gasteiger partial charge in [0.25, 0.3) is 5.91 Å². The summed E-state index contributed by atoms with van der Waals surface area (Å²) >= 11 is 1.26. The molecule has 1 aliphatic rings. The van der Waals surface area contributed by atoms with E-state index >= 15 is 0 Å². The molecule has 2 N–H and O–H groups in total. The average molecular weight is 433 g/mol. The lowest BCUT2D eigenvalue weighted by atomic mass is 9.96. The Hall–Kier alpha value is -2.75. The molecule has 2 amide bonds. The predicted molar refractivity (Wildman–Crippen MR) is 115 cm³/mol. The minimum atomic E-state index is -0.498. The lowest BCUT2D eigenvalue weighted by Gasteiger charge is -2.33. The molecule has 162 valence electrons. The first-order valence-corrected chi connectivity index (χ1v) is 10.7. The van der Waals surface area contributed by atoms with Crippen molar-refractivity contribution in [2.24, 2.45) is 0 Å². The Morgan fingerprint density at radius 2 is 1.93 bits per heavy atom. The fraction of sp³-hybridized carbons (Fsp3) is 0.550. The fourth-order valence-corrected chi connectivity index (χ4v) is 3.92. The number of nitrogens with one attached hydrogen (secondary N) is 2. The molecule has 1 aliphatic heterocycles. The number of hydrogen-bond donors (Lipinski definition) is 2. The van der Waals surface area contributed by atoms with Crippen LogP contribution in [0.4, 0.5) is 15.7 Å². The molecule has 10 heteroatoms. The highest BCUT2D eigenvalue weighted by Gasteiger charge is 2.29. The van der Waals surface area contributed by atoms with Gasteiger partial charge in [0.2, 0.25) is 0 Å². The van der Waals surface area contributed by atoms with E-state index in [2.05, 4.69) is 25.6 Å². The maximum atomic E-state index is 12.3. The zero-order valence-electron chi connectivity index (χ0n) is 18.0. The Kier molecular flexibility index (Phi) is 6.55. The molecule has 0 aromatic carbocycles. The first kappa shape index (κ1) is 21.9. The second-order valence-corrected chi connectivity index (χ2v) is 9.26. The van der Waals surface area contributed by atoms with Gasteiger partial charge in [-0.3, -0.25) is 4.79 Å². The maximum Gasteiger partial charge on any atom is 0.410 e. The molecule has 1 fully saturated rings. The molecule has 0 aliphatic carbocycles. The number of amides is 2. The Bertz CT molecular complexity index is 916. The van der Waals surface area contributed by atoms with Gasteiger partial charge in [-0.15, -0.1) is 0 Å². The summed E-state index contributed by atoms with van der Waals surface area (Å²) in [6.45, 7) is 8.75. The molecule has 0 saturated carbocycles. The van der Waals surface area contributed by atoms with Gasteiger partial charge in [-0.2, -0.15) is 0 Å². The van der Waals surface area contributed by atoms with Crippen molar-refractivity contribution < 1.29 is 14.3 Å². The van der Waals surface area contributed by atoms with Gasteiger partial charge in [0.15, 0.2) is 5.13 Å². The third-order valence-electron chi connectivity index (χ3n) is 4.57. The maximum absolute atomic E-state index is 12.3. The minimum absolute atomic E-state index is 0.168. The second-order valence-electron chi connectivity index (χ2n) is 8.23. The lowest BCUT2D eigenvalue weighted by molar-refractivity contribution is 0.0203. The van der Waals surface area contributed by atoms with Gasteiger partial charge in [-0.05, 0) is 40.5 Å². The number of piperidine rings is 1. The van der Waals surface area contributed by atoms with Crippen LogP contribution in [0.1, 0.15) is 60.7 Å². The number of rotatable bonds is 4. The van der Waals surface area contributed by atoms with E-state index in [-0.39, 0.29) is 17.9 Å². The molecule has 2 aromatic heterocycles. The minimum Gasteiger partial charge on any atom is -0.444 e. The molecule has 30 heavy (non-hydrogen) atoms. The zero-order chi connectivity index (χ0) is 21.9. The van der Waals surface area contributed by atoms with E-state index in [0.717, 1.165) is 24.4 Å². The molecule has 0 atom stereocenters. The van der Waals surface area contributed by atoms with E-state index in [1.165, 1.54) is 17.5 Å². The van der Waals surface area contributed by atoms with E-state index in [0.29, 0.717) is 28.9 Å². The third kappa shape index (κ3) is 5.65. The second kappa shape index (κ2) is 8.95. The average Bonchev–Trinajstić information content (AvgIpc) is 3.14. The summed E-state index contributed by atoms with van der Waals surface area (Å²) in [5, 5.41) is 6.35. The number of thiazole rings is 1. The molecule has 2 aromatic rings. The molecule has 0 spiro atoms. The van der Waals surface area contributed by atoms with Crippen LogP contribution in [-0.2, 0) is 4.74 Å². The van der Waals surface area contributed by atoms with Gasteiger partial charge in [-0.25, -0.2) is 19.7 Å². The summed E-state index contributed by atoms with van der Waals surface area (Å²) in [5.41, 5.74) is 0.349. The van der Waals surface area contributed by atoms with Crippen LogP contribution in [0, 0.1) is 6.92 Å². The molecule has 1 saturated heterocycles. The third-order valence-corrected chi connectivity index (χ3v) is 5.49. The predicted octanol–water partition coefficient (Wildman–Crippen LogP) is 3.46. The first-order valence-electron chi connectivity index (χ1n) is 9.93. The first-order chi connectivity index (χ1) is 14.1. The molecule has 3 rings (SSSR count). The molecule has 0 bridgehead atoms. The Labute approximate surface area is 180 Å². The number of aromatic nitrogens is 3. The number of nitrogens with zero attached hydrogens (tertiary/aromatic N) is 4. The quantitative estimate of drug-likeness (QED) is 0.761. The van der Waals surface area contributed by atoms with Crippen molar-refractivity contribution in [3.8, 4) is 0 Å². The van der Waals surface area contributed by atoms with Crippen molar-refractivity contribution >= 4 is 34.3 Å². The van der Waals surface area contributed by atoms with Crippen molar-refractivity contribution in [2.75, 3.05) is 25.5 Å². The van der Waals surface area contributed by atoms with Gasteiger partial charge in [-0.1, -0.05) is 11.3 Å². The normalized spacial score (nSPS) is 15.0. The number of likely N-dealkylation sites (tertiary alicyclic amines) is 1. The highest BCUT2D eigenvalue weighted by Crippen LogP contribution is 2.29. The molecule has 9 nitrogen and oxygen atoms in total. The van der Waals surface area contributed by atoms with Crippen molar-refractivity contribution in [2.45, 2.75) is 52.1 Å². The Balaban J connectivity index is 1.65. The van der Waals surface area contributed by atoms with Crippen molar-refractivity contribution in [3.63, 3.8) is 0 Å². The van der Waals surface area contributed by atoms with E-state index in [9.17, 15) is 9.59 Å². The van der Waals surface area contributed by atoms with Crippen LogP contribution in [0.2, 0.25) is 0 Å². The summed E-state index contributed by atoms with van der Waals surface area (Å²) in [5.74, 6) is 1.40. The number of carbonyl (C=O) groups excluding carboxylic acids is 2. The molecule has 0 unspecified atom stereocenters. The highest BCUT2D eigenvalue weighted by atomic mass is 32.1. The summed E-state index contributed by atoms with van der Waals surface area (Å²) < 4.78 is 5.46. The van der Waals surface area contributed by atoms with Crippen LogP contribution in [0.25, 0.3) is 0 Å². The summed E-state index contributed by atoms with van der Waals surface area (Å²) in [6.07, 6.45) is 2.82. The van der Waals surface area contributed by atoms with E-state index in [1.54, 1.807) is 11.9 Å². The number of anilines is 2. The number of carbonyl (C=O) groups is 2. The summed E-state index contributed by atoms with van der Waals surface area (Å²) in [4.78, 5) is 39.8. The largest absolute Gasteiger partial charge is 0.444 e. The molecular weight excluding hydrogens is 404 g/mol. The van der Waals surface area contributed by atoms with Crippen LogP contribution in [-0.4, -0.2) is 57.6 Å². The van der Waals surface area contributed by atoms with E-state index in [1.807, 2.05) is 33.8 Å². The van der Waals surface area contributed by atoms with Crippen LogP contribution >= 0.6 is 11.3 Å². The zero-order valence-corrected chi connectivity index (χ0v) is 18.8. The molecule has 0 radical (unpaired) electrons. The van der Waals surface area contributed by atoms with Crippen LogP contribution in [0.15, 0.2) is 12.3 Å².